The van der Waals surface area contributed by atoms with E-state index in [1.54, 1.807) is 12.0 Å². The van der Waals surface area contributed by atoms with Gasteiger partial charge in [0, 0.05) is 13.0 Å². The normalized spacial score (nSPS) is 21.6. The van der Waals surface area contributed by atoms with Crippen LogP contribution in [0.3, 0.4) is 0 Å². The lowest BCUT2D eigenvalue weighted by atomic mass is 9.82. The van der Waals surface area contributed by atoms with Crippen LogP contribution in [0.1, 0.15) is 49.2 Å². The summed E-state index contributed by atoms with van der Waals surface area (Å²) in [6, 6.07) is 1.75. The van der Waals surface area contributed by atoms with E-state index in [1.165, 1.54) is 18.4 Å². The Balaban J connectivity index is 2.36. The predicted octanol–water partition coefficient (Wildman–Crippen LogP) is 4.33. The third kappa shape index (κ3) is 4.95. The molecule has 7 heteroatoms. The molecule has 0 N–H and O–H groups in total. The number of ether oxygens (including phenoxy) is 2. The highest BCUT2D eigenvalue weighted by Gasteiger charge is 2.34. The second-order valence-corrected chi connectivity index (χ2v) is 9.67. The van der Waals surface area contributed by atoms with Crippen LogP contribution < -0.4 is 4.90 Å². The Morgan fingerprint density at radius 1 is 1.32 bits per heavy atom. The number of methoxy groups -OCH3 is 2. The van der Waals surface area contributed by atoms with Gasteiger partial charge in [0.25, 0.3) is 0 Å². The molecule has 1 atom stereocenters. The van der Waals surface area contributed by atoms with Crippen LogP contribution in [0.25, 0.3) is 0 Å². The smallest absolute Gasteiger partial charge is 0.350 e. The predicted molar refractivity (Wildman–Crippen MR) is 108 cm³/mol. The highest BCUT2D eigenvalue weighted by molar-refractivity contribution is 14.1. The molecule has 2 rings (SSSR count). The van der Waals surface area contributed by atoms with Crippen molar-refractivity contribution >= 4 is 51.5 Å². The SMILES string of the molecule is COCC(C)N(c1cc(I)sc1C(=O)OC)C(=O)[C@H]1CC[C@H](C)CC1. The lowest BCUT2D eigenvalue weighted by Gasteiger charge is -2.34. The molecule has 1 aliphatic rings. The first-order valence-corrected chi connectivity index (χ1v) is 10.5. The number of nitrogens with zero attached hydrogens (tertiary/aromatic N) is 1. The Hall–Kier alpha value is -0.670. The van der Waals surface area contributed by atoms with Crippen LogP contribution in [0.4, 0.5) is 5.69 Å². The van der Waals surface area contributed by atoms with Crippen molar-refractivity contribution in [3.05, 3.63) is 13.8 Å². The van der Waals surface area contributed by atoms with Gasteiger partial charge in [0.05, 0.1) is 28.3 Å². The summed E-state index contributed by atoms with van der Waals surface area (Å²) in [5.41, 5.74) is 0.648. The first-order chi connectivity index (χ1) is 11.9. The van der Waals surface area contributed by atoms with Gasteiger partial charge < -0.3 is 14.4 Å². The van der Waals surface area contributed by atoms with E-state index in [2.05, 4.69) is 29.5 Å². The Kier molecular flexibility index (Phi) is 7.69. The molecule has 0 aromatic carbocycles. The van der Waals surface area contributed by atoms with Crippen LogP contribution in [0.2, 0.25) is 0 Å². The number of anilines is 1. The maximum Gasteiger partial charge on any atom is 0.350 e. The van der Waals surface area contributed by atoms with Gasteiger partial charge in [-0.1, -0.05) is 6.92 Å². The fourth-order valence-electron chi connectivity index (χ4n) is 3.36. The van der Waals surface area contributed by atoms with Crippen molar-refractivity contribution in [3.8, 4) is 0 Å². The van der Waals surface area contributed by atoms with Gasteiger partial charge in [0.2, 0.25) is 5.91 Å². The van der Waals surface area contributed by atoms with E-state index in [1.807, 2.05) is 13.0 Å². The minimum atomic E-state index is -0.400. The lowest BCUT2D eigenvalue weighted by molar-refractivity contribution is -0.124. The summed E-state index contributed by atoms with van der Waals surface area (Å²) in [5, 5.41) is 0. The maximum atomic E-state index is 13.3. The summed E-state index contributed by atoms with van der Waals surface area (Å²) in [6.07, 6.45) is 3.97. The summed E-state index contributed by atoms with van der Waals surface area (Å²) in [7, 11) is 2.99. The molecule has 1 unspecified atom stereocenters. The summed E-state index contributed by atoms with van der Waals surface area (Å²) in [5.74, 6) is 0.388. The average Bonchev–Trinajstić information content (AvgIpc) is 2.96. The maximum absolute atomic E-state index is 13.3. The van der Waals surface area contributed by atoms with Crippen molar-refractivity contribution in [2.24, 2.45) is 11.8 Å². The van der Waals surface area contributed by atoms with E-state index >= 15 is 0 Å². The number of esters is 1. The molecule has 0 saturated heterocycles. The van der Waals surface area contributed by atoms with Crippen LogP contribution >= 0.6 is 33.9 Å². The zero-order chi connectivity index (χ0) is 18.6. The van der Waals surface area contributed by atoms with Crippen LogP contribution in [-0.2, 0) is 14.3 Å². The van der Waals surface area contributed by atoms with Gasteiger partial charge in [0.15, 0.2) is 0 Å². The molecule has 0 bridgehead atoms. The van der Waals surface area contributed by atoms with Gasteiger partial charge in [-0.25, -0.2) is 4.79 Å². The molecule has 1 aromatic heterocycles. The quantitative estimate of drug-likeness (QED) is 0.450. The van der Waals surface area contributed by atoms with Crippen molar-refractivity contribution in [3.63, 3.8) is 0 Å². The van der Waals surface area contributed by atoms with Gasteiger partial charge in [0.1, 0.15) is 4.88 Å². The van der Waals surface area contributed by atoms with Gasteiger partial charge in [-0.3, -0.25) is 4.79 Å². The molecule has 1 aromatic rings. The molecule has 0 spiro atoms. The van der Waals surface area contributed by atoms with Crippen LogP contribution in [0.5, 0.6) is 0 Å². The first kappa shape index (κ1) is 20.6. The fraction of sp³-hybridized carbons (Fsp3) is 0.667. The van der Waals surface area contributed by atoms with E-state index in [9.17, 15) is 9.59 Å². The molecular formula is C18H26INO4S. The largest absolute Gasteiger partial charge is 0.465 e. The minimum Gasteiger partial charge on any atom is -0.465 e. The first-order valence-electron chi connectivity index (χ1n) is 8.58. The van der Waals surface area contributed by atoms with E-state index < -0.39 is 5.97 Å². The molecular weight excluding hydrogens is 453 g/mol. The molecule has 1 fully saturated rings. The summed E-state index contributed by atoms with van der Waals surface area (Å²) >= 11 is 3.53. The number of halogens is 1. The van der Waals surface area contributed by atoms with E-state index in [0.717, 1.165) is 28.6 Å². The molecule has 1 heterocycles. The number of carbonyl (C=O) groups is 2. The van der Waals surface area contributed by atoms with Crippen molar-refractivity contribution in [2.45, 2.75) is 45.6 Å². The Bertz CT molecular complexity index is 610. The Morgan fingerprint density at radius 2 is 1.96 bits per heavy atom. The van der Waals surface area contributed by atoms with Gasteiger partial charge in [-0.05, 0) is 67.2 Å². The number of rotatable bonds is 6. The van der Waals surface area contributed by atoms with Crippen molar-refractivity contribution in [1.82, 2.24) is 0 Å². The monoisotopic (exact) mass is 479 g/mol. The third-order valence-electron chi connectivity index (χ3n) is 4.76. The number of amides is 1. The van der Waals surface area contributed by atoms with E-state index in [0.29, 0.717) is 23.1 Å². The lowest BCUT2D eigenvalue weighted by Crippen LogP contribution is -2.45. The zero-order valence-corrected chi connectivity index (χ0v) is 18.2. The van der Waals surface area contributed by atoms with Gasteiger partial charge in [-0.15, -0.1) is 11.3 Å². The van der Waals surface area contributed by atoms with Crippen molar-refractivity contribution in [1.29, 1.82) is 0 Å². The number of hydrogen-bond donors (Lipinski definition) is 0. The number of carbonyl (C=O) groups excluding carboxylic acids is 2. The molecule has 5 nitrogen and oxygen atoms in total. The highest BCUT2D eigenvalue weighted by atomic mass is 127. The van der Waals surface area contributed by atoms with E-state index in [4.69, 9.17) is 9.47 Å². The molecule has 1 saturated carbocycles. The molecule has 1 aliphatic carbocycles. The third-order valence-corrected chi connectivity index (χ3v) is 6.63. The summed E-state index contributed by atoms with van der Waals surface area (Å²) in [4.78, 5) is 27.7. The molecule has 0 aliphatic heterocycles. The topological polar surface area (TPSA) is 55.8 Å². The Morgan fingerprint density at radius 3 is 2.52 bits per heavy atom. The van der Waals surface area contributed by atoms with Gasteiger partial charge >= 0.3 is 5.97 Å². The average molecular weight is 479 g/mol. The fourth-order valence-corrected chi connectivity index (χ4v) is 5.11. The highest BCUT2D eigenvalue weighted by Crippen LogP contribution is 2.36. The van der Waals surface area contributed by atoms with Crippen molar-refractivity contribution in [2.75, 3.05) is 25.7 Å². The number of thiophene rings is 1. The second-order valence-electron chi connectivity index (χ2n) is 6.73. The van der Waals surface area contributed by atoms with Crippen LogP contribution in [-0.4, -0.2) is 38.7 Å². The minimum absolute atomic E-state index is 0.0126. The van der Waals surface area contributed by atoms with Crippen LogP contribution in [0, 0.1) is 14.7 Å². The van der Waals surface area contributed by atoms with Gasteiger partial charge in [-0.2, -0.15) is 0 Å². The second kappa shape index (κ2) is 9.32. The molecule has 25 heavy (non-hydrogen) atoms. The molecule has 0 radical (unpaired) electrons. The van der Waals surface area contributed by atoms with Crippen LogP contribution in [0.15, 0.2) is 6.07 Å². The summed E-state index contributed by atoms with van der Waals surface area (Å²) < 4.78 is 11.2. The zero-order valence-electron chi connectivity index (χ0n) is 15.2. The summed E-state index contributed by atoms with van der Waals surface area (Å²) in [6.45, 7) is 4.61. The van der Waals surface area contributed by atoms with E-state index in [-0.39, 0.29) is 17.9 Å². The number of hydrogen-bond acceptors (Lipinski definition) is 5. The van der Waals surface area contributed by atoms with Crippen molar-refractivity contribution < 1.29 is 19.1 Å². The Labute approximate surface area is 167 Å². The standard InChI is InChI=1S/C18H26INO4S/c1-11-5-7-13(8-6-11)17(21)20(12(2)10-23-3)14-9-15(19)25-16(14)18(22)24-4/h9,11-13H,5-8,10H2,1-4H3/t11-,12?,13-. The molecule has 140 valence electrons. The molecule has 1 amide bonds.